The van der Waals surface area contributed by atoms with E-state index in [1.54, 1.807) is 31.4 Å². The molecule has 0 saturated heterocycles. The molecule has 1 aliphatic rings. The third-order valence-electron chi connectivity index (χ3n) is 4.85. The molecule has 3 aromatic rings. The van der Waals surface area contributed by atoms with Crippen LogP contribution >= 0.6 is 0 Å². The number of fused-ring (bicyclic) bond motifs is 2. The molecule has 2 aromatic carbocycles. The number of carbonyl (C=O) groups is 1. The maximum absolute atomic E-state index is 12.9. The molecule has 3 N–H and O–H groups in total. The van der Waals surface area contributed by atoms with Gasteiger partial charge in [0.05, 0.1) is 22.3 Å². The molecule has 9 nitrogen and oxygen atoms in total. The van der Waals surface area contributed by atoms with Gasteiger partial charge in [0, 0.05) is 19.3 Å². The minimum atomic E-state index is -3.76. The van der Waals surface area contributed by atoms with Gasteiger partial charge in [0.15, 0.2) is 5.82 Å². The van der Waals surface area contributed by atoms with Crippen LogP contribution in [0.3, 0.4) is 0 Å². The van der Waals surface area contributed by atoms with Crippen molar-refractivity contribution in [3.05, 3.63) is 60.3 Å². The number of sulfonamides is 1. The van der Waals surface area contributed by atoms with Crippen molar-refractivity contribution < 1.29 is 13.2 Å². The van der Waals surface area contributed by atoms with Crippen molar-refractivity contribution in [2.75, 3.05) is 28.7 Å². The van der Waals surface area contributed by atoms with E-state index in [1.807, 2.05) is 30.0 Å². The van der Waals surface area contributed by atoms with Gasteiger partial charge in [-0.25, -0.2) is 18.5 Å². The van der Waals surface area contributed by atoms with Crippen molar-refractivity contribution in [2.45, 2.75) is 11.8 Å². The number of para-hydroxylation sites is 1. The molecule has 0 spiro atoms. The van der Waals surface area contributed by atoms with Crippen molar-refractivity contribution in [3.8, 4) is 0 Å². The van der Waals surface area contributed by atoms with Gasteiger partial charge in [-0.2, -0.15) is 4.98 Å². The fraction of sp³-hybridized carbons (Fsp3) is 0.150. The summed E-state index contributed by atoms with van der Waals surface area (Å²) < 4.78 is 22.8. The number of anilines is 5. The fourth-order valence-electron chi connectivity index (χ4n) is 3.33. The van der Waals surface area contributed by atoms with E-state index in [0.717, 1.165) is 5.69 Å². The normalized spacial score (nSPS) is 13.5. The van der Waals surface area contributed by atoms with Gasteiger partial charge in [-0.15, -0.1) is 0 Å². The van der Waals surface area contributed by atoms with Crippen molar-refractivity contribution in [2.24, 2.45) is 5.14 Å². The van der Waals surface area contributed by atoms with E-state index in [4.69, 9.17) is 5.14 Å². The number of rotatable bonds is 4. The van der Waals surface area contributed by atoms with Crippen LogP contribution in [0.25, 0.3) is 0 Å². The van der Waals surface area contributed by atoms with Gasteiger partial charge in [-0.3, -0.25) is 4.79 Å². The zero-order chi connectivity index (χ0) is 21.5. The van der Waals surface area contributed by atoms with Crippen LogP contribution in [-0.2, 0) is 10.0 Å². The molecule has 154 valence electrons. The number of hydrogen-bond acceptors (Lipinski definition) is 7. The third-order valence-corrected chi connectivity index (χ3v) is 5.78. The van der Waals surface area contributed by atoms with Crippen LogP contribution in [0.15, 0.2) is 59.6 Å². The standard InChI is InChI=1S/C20H20N6O3S/c1-3-26-16-7-5-4-6-15(16)19(27)25(2)17-12-22-20(24-18(17)26)23-13-8-10-14(11-9-13)30(21,28)29/h4-12H,3H2,1-2H3,(H2,21,28,29)(H,22,23,24). The van der Waals surface area contributed by atoms with E-state index in [0.29, 0.717) is 35.2 Å². The Labute approximate surface area is 174 Å². The first-order valence-corrected chi connectivity index (χ1v) is 10.8. The van der Waals surface area contributed by atoms with Crippen molar-refractivity contribution in [1.29, 1.82) is 0 Å². The lowest BCUT2D eigenvalue weighted by Crippen LogP contribution is -2.25. The second-order valence-electron chi connectivity index (χ2n) is 6.72. The molecule has 1 amide bonds. The van der Waals surface area contributed by atoms with Gasteiger partial charge >= 0.3 is 0 Å². The molecule has 0 bridgehead atoms. The predicted octanol–water partition coefficient (Wildman–Crippen LogP) is 2.62. The number of nitrogens with zero attached hydrogens (tertiary/aromatic N) is 4. The highest BCUT2D eigenvalue weighted by Crippen LogP contribution is 2.38. The number of carbonyl (C=O) groups excluding carboxylic acids is 1. The summed E-state index contributed by atoms with van der Waals surface area (Å²) in [6, 6.07) is 13.4. The Hall–Kier alpha value is -3.50. The minimum Gasteiger partial charge on any atom is -0.324 e. The van der Waals surface area contributed by atoms with Crippen molar-refractivity contribution >= 4 is 44.8 Å². The molecule has 0 atom stereocenters. The lowest BCUT2D eigenvalue weighted by molar-refractivity contribution is 0.0994. The van der Waals surface area contributed by atoms with Gasteiger partial charge in [-0.05, 0) is 43.3 Å². The van der Waals surface area contributed by atoms with E-state index in [-0.39, 0.29) is 10.8 Å². The molecule has 4 rings (SSSR count). The highest BCUT2D eigenvalue weighted by molar-refractivity contribution is 7.89. The second-order valence-corrected chi connectivity index (χ2v) is 8.28. The Morgan fingerprint density at radius 1 is 1.07 bits per heavy atom. The molecule has 10 heteroatoms. The third kappa shape index (κ3) is 3.46. The number of amides is 1. The van der Waals surface area contributed by atoms with E-state index in [9.17, 15) is 13.2 Å². The van der Waals surface area contributed by atoms with Crippen LogP contribution in [0.4, 0.5) is 28.8 Å². The minimum absolute atomic E-state index is 0.0183. The van der Waals surface area contributed by atoms with Gasteiger partial charge < -0.3 is 15.1 Å². The fourth-order valence-corrected chi connectivity index (χ4v) is 3.85. The summed E-state index contributed by atoms with van der Waals surface area (Å²) in [5.41, 5.74) is 2.56. The highest BCUT2D eigenvalue weighted by atomic mass is 32.2. The maximum Gasteiger partial charge on any atom is 0.260 e. The largest absolute Gasteiger partial charge is 0.324 e. The Balaban J connectivity index is 1.74. The summed E-state index contributed by atoms with van der Waals surface area (Å²) in [6.07, 6.45) is 1.59. The van der Waals surface area contributed by atoms with Gasteiger partial charge in [0.1, 0.15) is 5.69 Å². The van der Waals surface area contributed by atoms with E-state index >= 15 is 0 Å². The average Bonchev–Trinajstić information content (AvgIpc) is 2.81. The Morgan fingerprint density at radius 2 is 1.77 bits per heavy atom. The average molecular weight is 424 g/mol. The molecule has 0 aliphatic carbocycles. The molecule has 0 radical (unpaired) electrons. The van der Waals surface area contributed by atoms with Gasteiger partial charge in [0.25, 0.3) is 5.91 Å². The summed E-state index contributed by atoms with van der Waals surface area (Å²) in [7, 11) is -2.07. The lowest BCUT2D eigenvalue weighted by atomic mass is 10.1. The Morgan fingerprint density at radius 3 is 2.43 bits per heavy atom. The summed E-state index contributed by atoms with van der Waals surface area (Å²) in [5.74, 6) is 0.776. The number of nitrogens with one attached hydrogen (secondary N) is 1. The molecular weight excluding hydrogens is 404 g/mol. The quantitative estimate of drug-likeness (QED) is 0.660. The van der Waals surface area contributed by atoms with E-state index < -0.39 is 10.0 Å². The zero-order valence-electron chi connectivity index (χ0n) is 16.4. The Bertz CT molecular complexity index is 1230. The number of nitrogens with two attached hydrogens (primary N) is 1. The summed E-state index contributed by atoms with van der Waals surface area (Å²) in [6.45, 7) is 2.59. The first-order chi connectivity index (χ1) is 14.3. The summed E-state index contributed by atoms with van der Waals surface area (Å²) in [4.78, 5) is 25.4. The molecule has 1 aromatic heterocycles. The topological polar surface area (TPSA) is 122 Å². The monoisotopic (exact) mass is 424 g/mol. The first-order valence-electron chi connectivity index (χ1n) is 9.21. The van der Waals surface area contributed by atoms with E-state index in [2.05, 4.69) is 15.3 Å². The molecular formula is C20H20N6O3S. The van der Waals surface area contributed by atoms with Crippen LogP contribution in [0.2, 0.25) is 0 Å². The first kappa shape index (κ1) is 19.8. The highest BCUT2D eigenvalue weighted by Gasteiger charge is 2.29. The van der Waals surface area contributed by atoms with Gasteiger partial charge in [0.2, 0.25) is 16.0 Å². The number of aromatic nitrogens is 2. The smallest absolute Gasteiger partial charge is 0.260 e. The zero-order valence-corrected chi connectivity index (χ0v) is 17.2. The molecule has 0 saturated carbocycles. The number of primary sulfonamides is 1. The Kier molecular flexibility index (Phi) is 4.88. The summed E-state index contributed by atoms with van der Waals surface area (Å²) >= 11 is 0. The molecule has 1 aliphatic heterocycles. The number of hydrogen-bond donors (Lipinski definition) is 2. The predicted molar refractivity (Wildman–Crippen MR) is 115 cm³/mol. The molecule has 0 unspecified atom stereocenters. The maximum atomic E-state index is 12.9. The van der Waals surface area contributed by atoms with Crippen molar-refractivity contribution in [3.63, 3.8) is 0 Å². The number of benzene rings is 2. The molecule has 2 heterocycles. The lowest BCUT2D eigenvalue weighted by Gasteiger charge is -2.24. The van der Waals surface area contributed by atoms with Gasteiger partial charge in [-0.1, -0.05) is 12.1 Å². The van der Waals surface area contributed by atoms with Crippen molar-refractivity contribution in [1.82, 2.24) is 9.97 Å². The van der Waals surface area contributed by atoms with Crippen LogP contribution < -0.4 is 20.3 Å². The van der Waals surface area contributed by atoms with Crippen LogP contribution in [0.5, 0.6) is 0 Å². The van der Waals surface area contributed by atoms with Crippen LogP contribution in [-0.4, -0.2) is 37.9 Å². The summed E-state index contributed by atoms with van der Waals surface area (Å²) in [5, 5.41) is 8.19. The van der Waals surface area contributed by atoms with E-state index in [1.165, 1.54) is 17.0 Å². The molecule has 0 fully saturated rings. The second kappa shape index (κ2) is 7.39. The SMILES string of the molecule is CCN1c2ccccc2C(=O)N(C)c2cnc(Nc3ccc(S(N)(=O)=O)cc3)nc21. The molecule has 30 heavy (non-hydrogen) atoms. The van der Waals surface area contributed by atoms with Crippen LogP contribution in [0, 0.1) is 0 Å². The van der Waals surface area contributed by atoms with Crippen LogP contribution in [0.1, 0.15) is 17.3 Å².